The first-order valence-electron chi connectivity index (χ1n) is 12.3. The number of rotatable bonds is 8. The number of hydrogen-bond acceptors (Lipinski definition) is 5. The molecule has 39 heavy (non-hydrogen) atoms. The number of nitriles is 1. The fourth-order valence-corrected chi connectivity index (χ4v) is 5.21. The van der Waals surface area contributed by atoms with E-state index in [4.69, 9.17) is 9.84 Å². The molecule has 192 valence electrons. The molecule has 0 spiro atoms. The predicted octanol–water partition coefficient (Wildman–Crippen LogP) is 6.77. The van der Waals surface area contributed by atoms with Crippen LogP contribution in [0.25, 0.3) is 23.0 Å². The minimum atomic E-state index is -4.03. The summed E-state index contributed by atoms with van der Waals surface area (Å²) in [7, 11) is -4.03. The van der Waals surface area contributed by atoms with E-state index in [1.807, 2.05) is 97.9 Å². The smallest absolute Gasteiger partial charge is 0.216 e. The molecule has 1 heterocycles. The summed E-state index contributed by atoms with van der Waals surface area (Å²) in [5, 5.41) is 14.7. The van der Waals surface area contributed by atoms with Crippen molar-refractivity contribution in [3.63, 3.8) is 0 Å². The Balaban J connectivity index is 1.57. The third-order valence-electron chi connectivity index (χ3n) is 6.14. The highest BCUT2D eigenvalue weighted by molar-refractivity contribution is 7.95. The number of aromatic nitrogens is 2. The normalized spacial score (nSPS) is 11.6. The second-order valence-corrected chi connectivity index (χ2v) is 10.9. The number of benzene rings is 4. The van der Waals surface area contributed by atoms with Crippen molar-refractivity contribution in [1.29, 1.82) is 5.26 Å². The molecule has 5 aromatic rings. The summed E-state index contributed by atoms with van der Waals surface area (Å²) in [4.78, 5) is -0.300. The number of ether oxygens (including phenoxy) is 1. The fraction of sp³-hybridized carbons (Fsp3) is 0.0625. The van der Waals surface area contributed by atoms with Gasteiger partial charge < -0.3 is 4.74 Å². The molecular formula is C32H25N3O3S. The Bertz CT molecular complexity index is 1770. The minimum absolute atomic E-state index is 0.0641. The van der Waals surface area contributed by atoms with Crippen LogP contribution >= 0.6 is 0 Å². The average molecular weight is 532 g/mol. The van der Waals surface area contributed by atoms with Gasteiger partial charge in [0, 0.05) is 17.3 Å². The molecule has 0 fully saturated rings. The van der Waals surface area contributed by atoms with Crippen LogP contribution in [-0.2, 0) is 16.4 Å². The highest BCUT2D eigenvalue weighted by Crippen LogP contribution is 2.30. The van der Waals surface area contributed by atoms with Crippen LogP contribution in [0.4, 0.5) is 0 Å². The van der Waals surface area contributed by atoms with Crippen LogP contribution in [0, 0.1) is 18.3 Å². The summed E-state index contributed by atoms with van der Waals surface area (Å²) in [6.45, 7) is 2.28. The van der Waals surface area contributed by atoms with E-state index < -0.39 is 9.84 Å². The van der Waals surface area contributed by atoms with Gasteiger partial charge in [-0.05, 0) is 55.0 Å². The number of sulfone groups is 1. The summed E-state index contributed by atoms with van der Waals surface area (Å²) in [5.41, 5.74) is 4.51. The van der Waals surface area contributed by atoms with E-state index in [2.05, 4.69) is 0 Å². The molecule has 0 unspecified atom stereocenters. The molecule has 7 heteroatoms. The summed E-state index contributed by atoms with van der Waals surface area (Å²) < 4.78 is 34.4. The quantitative estimate of drug-likeness (QED) is 0.206. The molecule has 5 rings (SSSR count). The molecule has 0 N–H and O–H groups in total. The van der Waals surface area contributed by atoms with Gasteiger partial charge in [0.05, 0.1) is 10.6 Å². The maximum absolute atomic E-state index is 13.3. The number of aryl methyl sites for hydroxylation is 1. The molecule has 4 aromatic carbocycles. The third-order valence-corrected chi connectivity index (χ3v) is 7.82. The molecule has 0 aliphatic carbocycles. The van der Waals surface area contributed by atoms with Crippen LogP contribution in [0.5, 0.6) is 5.75 Å². The highest BCUT2D eigenvalue weighted by atomic mass is 32.2. The first-order valence-corrected chi connectivity index (χ1v) is 13.8. The maximum Gasteiger partial charge on any atom is 0.216 e. The standard InChI is InChI=1S/C32H25N3O3S/c1-24-15-17-30(18-16-24)39(36,37)31(21-33)20-27-22-35(28-12-6-3-7-13-28)34-32(27)26-11-8-14-29(19-26)38-23-25-9-4-2-5-10-25/h2-20,22H,23H2,1H3/b31-20-. The fourth-order valence-electron chi connectivity index (χ4n) is 4.06. The zero-order valence-corrected chi connectivity index (χ0v) is 22.0. The lowest BCUT2D eigenvalue weighted by Gasteiger charge is -2.08. The highest BCUT2D eigenvalue weighted by Gasteiger charge is 2.22. The number of nitrogens with zero attached hydrogens (tertiary/aromatic N) is 3. The van der Waals surface area contributed by atoms with Crippen LogP contribution in [-0.4, -0.2) is 18.2 Å². The van der Waals surface area contributed by atoms with Crippen molar-refractivity contribution in [3.05, 3.63) is 137 Å². The molecule has 0 aliphatic rings. The Morgan fingerprint density at radius 1 is 0.923 bits per heavy atom. The SMILES string of the molecule is Cc1ccc(S(=O)(=O)/C(C#N)=C\c2cn(-c3ccccc3)nc2-c2cccc(OCc3ccccc3)c2)cc1. The summed E-state index contributed by atoms with van der Waals surface area (Å²) in [6.07, 6.45) is 3.11. The zero-order valence-electron chi connectivity index (χ0n) is 21.2. The van der Waals surface area contributed by atoms with E-state index in [1.54, 1.807) is 23.0 Å². The Morgan fingerprint density at radius 2 is 1.62 bits per heavy atom. The molecule has 0 aliphatic heterocycles. The van der Waals surface area contributed by atoms with Gasteiger partial charge in [0.25, 0.3) is 0 Å². The van der Waals surface area contributed by atoms with Crippen molar-refractivity contribution < 1.29 is 13.2 Å². The first-order chi connectivity index (χ1) is 18.9. The molecular weight excluding hydrogens is 506 g/mol. The Labute approximate surface area is 228 Å². The second-order valence-electron chi connectivity index (χ2n) is 8.95. The molecule has 6 nitrogen and oxygen atoms in total. The monoisotopic (exact) mass is 531 g/mol. The van der Waals surface area contributed by atoms with E-state index in [9.17, 15) is 13.7 Å². The summed E-state index contributed by atoms with van der Waals surface area (Å²) in [5.74, 6) is 0.647. The van der Waals surface area contributed by atoms with Gasteiger partial charge in [-0.3, -0.25) is 0 Å². The lowest BCUT2D eigenvalue weighted by Crippen LogP contribution is -2.03. The third kappa shape index (κ3) is 5.82. The molecule has 0 saturated heterocycles. The van der Waals surface area contributed by atoms with Gasteiger partial charge >= 0.3 is 0 Å². The van der Waals surface area contributed by atoms with Gasteiger partial charge in [-0.2, -0.15) is 10.4 Å². The van der Waals surface area contributed by atoms with Crippen molar-refractivity contribution in [2.75, 3.05) is 0 Å². The zero-order chi connectivity index (χ0) is 27.2. The summed E-state index contributed by atoms with van der Waals surface area (Å²) >= 11 is 0. The van der Waals surface area contributed by atoms with Crippen molar-refractivity contribution in [1.82, 2.24) is 9.78 Å². The van der Waals surface area contributed by atoms with Crippen molar-refractivity contribution in [2.45, 2.75) is 18.4 Å². The number of hydrogen-bond donors (Lipinski definition) is 0. The van der Waals surface area contributed by atoms with Gasteiger partial charge in [0.2, 0.25) is 9.84 Å². The minimum Gasteiger partial charge on any atom is -0.489 e. The Hall–Kier alpha value is -4.93. The van der Waals surface area contributed by atoms with Gasteiger partial charge in [-0.25, -0.2) is 13.1 Å². The molecule has 1 aromatic heterocycles. The lowest BCUT2D eigenvalue weighted by molar-refractivity contribution is 0.306. The van der Waals surface area contributed by atoms with Crippen molar-refractivity contribution in [3.8, 4) is 28.8 Å². The van der Waals surface area contributed by atoms with Crippen molar-refractivity contribution in [2.24, 2.45) is 0 Å². The van der Waals surface area contributed by atoms with E-state index in [0.29, 0.717) is 23.6 Å². The molecule has 0 bridgehead atoms. The van der Waals surface area contributed by atoms with Crippen LogP contribution in [0.1, 0.15) is 16.7 Å². The van der Waals surface area contributed by atoms with Crippen LogP contribution < -0.4 is 4.74 Å². The topological polar surface area (TPSA) is 85.0 Å². The van der Waals surface area contributed by atoms with Crippen LogP contribution in [0.15, 0.2) is 125 Å². The van der Waals surface area contributed by atoms with Gasteiger partial charge in [-0.1, -0.05) is 78.4 Å². The lowest BCUT2D eigenvalue weighted by atomic mass is 10.1. The van der Waals surface area contributed by atoms with Gasteiger partial charge in [0.1, 0.15) is 29.0 Å². The Morgan fingerprint density at radius 3 is 2.31 bits per heavy atom. The molecule has 0 radical (unpaired) electrons. The molecule has 0 saturated carbocycles. The van der Waals surface area contributed by atoms with Gasteiger partial charge in [-0.15, -0.1) is 0 Å². The van der Waals surface area contributed by atoms with Crippen LogP contribution in [0.3, 0.4) is 0 Å². The molecule has 0 atom stereocenters. The van der Waals surface area contributed by atoms with E-state index in [1.165, 1.54) is 18.2 Å². The van der Waals surface area contributed by atoms with E-state index >= 15 is 0 Å². The predicted molar refractivity (Wildman–Crippen MR) is 152 cm³/mol. The van der Waals surface area contributed by atoms with E-state index in [0.717, 1.165) is 22.4 Å². The van der Waals surface area contributed by atoms with Gasteiger partial charge in [0.15, 0.2) is 0 Å². The average Bonchev–Trinajstić information content (AvgIpc) is 3.40. The van der Waals surface area contributed by atoms with Crippen LogP contribution in [0.2, 0.25) is 0 Å². The van der Waals surface area contributed by atoms with Crippen molar-refractivity contribution >= 4 is 15.9 Å². The first kappa shape index (κ1) is 25.7. The summed E-state index contributed by atoms with van der Waals surface area (Å²) in [6, 6.07) is 35.2. The number of allylic oxidation sites excluding steroid dienone is 1. The second kappa shape index (κ2) is 11.2. The van der Waals surface area contributed by atoms with E-state index in [-0.39, 0.29) is 9.80 Å². The largest absolute Gasteiger partial charge is 0.489 e. The molecule has 0 amide bonds. The maximum atomic E-state index is 13.3. The Kier molecular flexibility index (Phi) is 7.39. The number of para-hydroxylation sites is 1.